The van der Waals surface area contributed by atoms with E-state index in [1.54, 1.807) is 10.9 Å². The predicted molar refractivity (Wildman–Crippen MR) is 99.5 cm³/mol. The van der Waals surface area contributed by atoms with Crippen molar-refractivity contribution in [3.05, 3.63) is 24.0 Å². The third-order valence-electron chi connectivity index (χ3n) is 2.79. The molecule has 1 N–H and O–H groups in total. The third kappa shape index (κ3) is 13.3. The number of hydrogen-bond acceptors (Lipinski definition) is 6. The minimum absolute atomic E-state index is 0.175. The van der Waals surface area contributed by atoms with E-state index in [2.05, 4.69) is 29.5 Å². The SMILES string of the molecule is CC.CC(=O)/C=C/C(=O)NCc1cn(CCOCCOCC(C)C)nn1. The minimum Gasteiger partial charge on any atom is -0.379 e. The number of nitrogens with one attached hydrogen (secondary N) is 1. The highest BCUT2D eigenvalue weighted by Gasteiger charge is 2.03. The van der Waals surface area contributed by atoms with Gasteiger partial charge in [0.1, 0.15) is 5.69 Å². The van der Waals surface area contributed by atoms with E-state index in [1.165, 1.54) is 19.1 Å². The van der Waals surface area contributed by atoms with Crippen molar-refractivity contribution < 1.29 is 19.1 Å². The molecule has 0 atom stereocenters. The highest BCUT2D eigenvalue weighted by Crippen LogP contribution is 1.94. The first kappa shape index (κ1) is 23.9. The summed E-state index contributed by atoms with van der Waals surface area (Å²) in [4.78, 5) is 22.2. The van der Waals surface area contributed by atoms with Gasteiger partial charge in [-0.3, -0.25) is 9.59 Å². The summed E-state index contributed by atoms with van der Waals surface area (Å²) in [5.41, 5.74) is 0.639. The number of rotatable bonds is 12. The molecule has 0 fully saturated rings. The van der Waals surface area contributed by atoms with Crippen LogP contribution in [-0.2, 0) is 32.2 Å². The molecular formula is C18H32N4O4. The van der Waals surface area contributed by atoms with Crippen LogP contribution >= 0.6 is 0 Å². The molecule has 1 aromatic heterocycles. The molecule has 1 heterocycles. The maximum Gasteiger partial charge on any atom is 0.244 e. The highest BCUT2D eigenvalue weighted by atomic mass is 16.5. The number of ether oxygens (including phenoxy) is 2. The zero-order valence-corrected chi connectivity index (χ0v) is 16.5. The molecule has 8 nitrogen and oxygen atoms in total. The summed E-state index contributed by atoms with van der Waals surface area (Å²) in [6, 6.07) is 0. The molecular weight excluding hydrogens is 336 g/mol. The van der Waals surface area contributed by atoms with Crippen molar-refractivity contribution in [3.63, 3.8) is 0 Å². The van der Waals surface area contributed by atoms with E-state index in [1.807, 2.05) is 13.8 Å². The zero-order valence-electron chi connectivity index (χ0n) is 16.5. The van der Waals surface area contributed by atoms with Crippen LogP contribution in [0.15, 0.2) is 18.3 Å². The standard InChI is InChI=1S/C16H26N4O4.C2H6/c1-13(2)12-24-9-8-23-7-6-20-11-15(18-19-20)10-17-16(22)5-4-14(3)21;1-2/h4-5,11,13H,6-10,12H2,1-3H3,(H,17,22);1-2H3/b5-4+;. The quantitative estimate of drug-likeness (QED) is 0.446. The number of hydrogen-bond donors (Lipinski definition) is 1. The van der Waals surface area contributed by atoms with Crippen molar-refractivity contribution in [1.82, 2.24) is 20.3 Å². The summed E-state index contributed by atoms with van der Waals surface area (Å²) >= 11 is 0. The molecule has 0 saturated carbocycles. The molecule has 0 saturated heterocycles. The van der Waals surface area contributed by atoms with Gasteiger partial charge in [0.05, 0.1) is 39.1 Å². The summed E-state index contributed by atoms with van der Waals surface area (Å²) in [6.07, 6.45) is 4.16. The molecule has 0 aliphatic heterocycles. The second kappa shape index (κ2) is 15.2. The first-order valence-corrected chi connectivity index (χ1v) is 8.98. The largest absolute Gasteiger partial charge is 0.379 e. The minimum atomic E-state index is -0.343. The van der Waals surface area contributed by atoms with Gasteiger partial charge in [-0.1, -0.05) is 32.9 Å². The maximum atomic E-state index is 11.4. The fourth-order valence-corrected chi connectivity index (χ4v) is 1.66. The van der Waals surface area contributed by atoms with E-state index >= 15 is 0 Å². The Bertz CT molecular complexity index is 541. The molecule has 1 aromatic rings. The Hall–Kier alpha value is -2.06. The van der Waals surface area contributed by atoms with Crippen molar-refractivity contribution in [2.75, 3.05) is 26.4 Å². The lowest BCUT2D eigenvalue weighted by molar-refractivity contribution is -0.117. The van der Waals surface area contributed by atoms with Gasteiger partial charge in [0, 0.05) is 12.7 Å². The van der Waals surface area contributed by atoms with E-state index in [9.17, 15) is 9.59 Å². The Balaban J connectivity index is 0.00000301. The molecule has 1 rings (SSSR count). The number of allylic oxidation sites excluding steroid dienone is 1. The van der Waals surface area contributed by atoms with Crippen LogP contribution < -0.4 is 5.32 Å². The first-order chi connectivity index (χ1) is 12.5. The lowest BCUT2D eigenvalue weighted by Gasteiger charge is -2.07. The Labute approximate surface area is 155 Å². The van der Waals surface area contributed by atoms with Crippen LogP contribution in [0.2, 0.25) is 0 Å². The average molecular weight is 368 g/mol. The van der Waals surface area contributed by atoms with Gasteiger partial charge in [-0.05, 0) is 18.9 Å². The summed E-state index contributed by atoms with van der Waals surface area (Å²) in [6.45, 7) is 12.8. The second-order valence-corrected chi connectivity index (χ2v) is 5.72. The van der Waals surface area contributed by atoms with E-state index in [-0.39, 0.29) is 18.2 Å². The van der Waals surface area contributed by atoms with Crippen LogP contribution in [0.1, 0.15) is 40.3 Å². The molecule has 0 aliphatic carbocycles. The lowest BCUT2D eigenvalue weighted by Crippen LogP contribution is -2.20. The van der Waals surface area contributed by atoms with Crippen LogP contribution in [0, 0.1) is 5.92 Å². The fourth-order valence-electron chi connectivity index (χ4n) is 1.66. The van der Waals surface area contributed by atoms with Crippen LogP contribution in [0.25, 0.3) is 0 Å². The van der Waals surface area contributed by atoms with Crippen molar-refractivity contribution in [2.45, 2.75) is 47.7 Å². The lowest BCUT2D eigenvalue weighted by atomic mass is 10.2. The molecule has 1 amide bonds. The van der Waals surface area contributed by atoms with Crippen LogP contribution in [0.5, 0.6) is 0 Å². The van der Waals surface area contributed by atoms with Gasteiger partial charge in [-0.2, -0.15) is 0 Å². The predicted octanol–water partition coefficient (Wildman–Crippen LogP) is 1.75. The number of aromatic nitrogens is 3. The molecule has 148 valence electrons. The third-order valence-corrected chi connectivity index (χ3v) is 2.79. The molecule has 0 bridgehead atoms. The van der Waals surface area contributed by atoms with Gasteiger partial charge < -0.3 is 14.8 Å². The molecule has 0 spiro atoms. The van der Waals surface area contributed by atoms with Crippen molar-refractivity contribution >= 4 is 11.7 Å². The normalized spacial score (nSPS) is 10.7. The van der Waals surface area contributed by atoms with Crippen LogP contribution in [0.4, 0.5) is 0 Å². The molecule has 26 heavy (non-hydrogen) atoms. The van der Waals surface area contributed by atoms with Crippen molar-refractivity contribution in [3.8, 4) is 0 Å². The second-order valence-electron chi connectivity index (χ2n) is 5.72. The van der Waals surface area contributed by atoms with Gasteiger partial charge in [0.15, 0.2) is 5.78 Å². The van der Waals surface area contributed by atoms with Gasteiger partial charge in [-0.25, -0.2) is 4.68 Å². The van der Waals surface area contributed by atoms with E-state index in [4.69, 9.17) is 9.47 Å². The molecule has 0 unspecified atom stereocenters. The Kier molecular flexibility index (Phi) is 14.0. The topological polar surface area (TPSA) is 95.3 Å². The molecule has 8 heteroatoms. The number of ketones is 1. The summed E-state index contributed by atoms with van der Waals surface area (Å²) in [5.74, 6) is 0.00666. The van der Waals surface area contributed by atoms with Crippen LogP contribution in [-0.4, -0.2) is 53.1 Å². The number of carbonyl (C=O) groups excluding carboxylic acids is 2. The number of amides is 1. The van der Waals surface area contributed by atoms with Gasteiger partial charge in [0.25, 0.3) is 0 Å². The molecule has 0 aliphatic rings. The first-order valence-electron chi connectivity index (χ1n) is 8.98. The Morgan fingerprint density at radius 1 is 1.19 bits per heavy atom. The monoisotopic (exact) mass is 368 g/mol. The summed E-state index contributed by atoms with van der Waals surface area (Å²) in [5, 5.41) is 10.5. The molecule has 0 aromatic carbocycles. The maximum absolute atomic E-state index is 11.4. The van der Waals surface area contributed by atoms with Crippen LogP contribution in [0.3, 0.4) is 0 Å². The van der Waals surface area contributed by atoms with Crippen molar-refractivity contribution in [2.24, 2.45) is 5.92 Å². The Morgan fingerprint density at radius 2 is 1.88 bits per heavy atom. The smallest absolute Gasteiger partial charge is 0.244 e. The summed E-state index contributed by atoms with van der Waals surface area (Å²) < 4.78 is 12.5. The van der Waals surface area contributed by atoms with E-state index < -0.39 is 0 Å². The van der Waals surface area contributed by atoms with Gasteiger partial charge >= 0.3 is 0 Å². The Morgan fingerprint density at radius 3 is 2.54 bits per heavy atom. The number of nitrogens with zero attached hydrogens (tertiary/aromatic N) is 3. The average Bonchev–Trinajstić information content (AvgIpc) is 3.06. The zero-order chi connectivity index (χ0) is 19.8. The van der Waals surface area contributed by atoms with E-state index in [0.29, 0.717) is 38.0 Å². The van der Waals surface area contributed by atoms with Gasteiger partial charge in [0.2, 0.25) is 5.91 Å². The van der Waals surface area contributed by atoms with Gasteiger partial charge in [-0.15, -0.1) is 5.10 Å². The molecule has 0 radical (unpaired) electrons. The fraction of sp³-hybridized carbons (Fsp3) is 0.667. The summed E-state index contributed by atoms with van der Waals surface area (Å²) in [7, 11) is 0. The highest BCUT2D eigenvalue weighted by molar-refractivity contribution is 5.96. The number of carbonyl (C=O) groups is 2. The van der Waals surface area contributed by atoms with E-state index in [0.717, 1.165) is 6.61 Å². The van der Waals surface area contributed by atoms with Crippen molar-refractivity contribution in [1.29, 1.82) is 0 Å².